The van der Waals surface area contributed by atoms with Crippen LogP contribution in [-0.4, -0.2) is 33.0 Å². The van der Waals surface area contributed by atoms with Gasteiger partial charge in [-0.25, -0.2) is 13.1 Å². The van der Waals surface area contributed by atoms with Crippen molar-refractivity contribution in [2.24, 2.45) is 0 Å². The molecular weight excluding hydrogens is 392 g/mol. The summed E-state index contributed by atoms with van der Waals surface area (Å²) in [5, 5.41) is 2.75. The number of benzene rings is 3. The Balaban J connectivity index is 1.66. The predicted molar refractivity (Wildman–Crippen MR) is 114 cm³/mol. The maximum atomic E-state index is 12.8. The van der Waals surface area contributed by atoms with Gasteiger partial charge in [0, 0.05) is 17.6 Å². The van der Waals surface area contributed by atoms with Gasteiger partial charge in [0.05, 0.1) is 4.90 Å². The van der Waals surface area contributed by atoms with E-state index in [1.165, 1.54) is 16.8 Å². The summed E-state index contributed by atoms with van der Waals surface area (Å²) in [6.07, 6.45) is 2.28. The highest BCUT2D eigenvalue weighted by molar-refractivity contribution is 7.89. The highest BCUT2D eigenvalue weighted by atomic mass is 35.5. The van der Waals surface area contributed by atoms with Gasteiger partial charge in [0.2, 0.25) is 10.0 Å². The van der Waals surface area contributed by atoms with Gasteiger partial charge in [0.1, 0.15) is 0 Å². The van der Waals surface area contributed by atoms with Gasteiger partial charge in [0.15, 0.2) is 0 Å². The molecule has 0 bridgehead atoms. The quantitative estimate of drug-likeness (QED) is 0.640. The summed E-state index contributed by atoms with van der Waals surface area (Å²) < 4.78 is 28.4. The van der Waals surface area contributed by atoms with Crippen molar-refractivity contribution in [3.8, 4) is 0 Å². The van der Waals surface area contributed by atoms with Crippen LogP contribution in [-0.2, 0) is 10.0 Å². The second kappa shape index (κ2) is 8.21. The van der Waals surface area contributed by atoms with Crippen LogP contribution in [0.25, 0.3) is 10.8 Å². The number of nitrogens with one attached hydrogen (secondary N) is 1. The number of hydrogen-bond acceptors (Lipinski definition) is 3. The molecule has 0 saturated carbocycles. The van der Waals surface area contributed by atoms with Gasteiger partial charge in [-0.1, -0.05) is 60.1 Å². The van der Waals surface area contributed by atoms with E-state index in [9.17, 15) is 8.42 Å². The van der Waals surface area contributed by atoms with E-state index in [1.54, 1.807) is 18.2 Å². The minimum Gasteiger partial charge on any atom is -0.295 e. The van der Waals surface area contributed by atoms with Crippen molar-refractivity contribution >= 4 is 32.4 Å². The molecule has 1 aliphatic heterocycles. The SMILES string of the molecule is O=S(=O)(NC[C@H](c1cccc2ccccc12)N1CCCC1)c1cccc(Cl)c1. The predicted octanol–water partition coefficient (Wildman–Crippen LogP) is 4.61. The number of likely N-dealkylation sites (tertiary alicyclic amines) is 1. The fourth-order valence-corrected chi connectivity index (χ4v) is 5.27. The molecule has 1 saturated heterocycles. The molecule has 1 fully saturated rings. The Bertz CT molecular complexity index is 1070. The Morgan fingerprint density at radius 1 is 0.964 bits per heavy atom. The molecule has 0 radical (unpaired) electrons. The van der Waals surface area contributed by atoms with Gasteiger partial charge in [-0.3, -0.25) is 4.90 Å². The van der Waals surface area contributed by atoms with Gasteiger partial charge in [0.25, 0.3) is 0 Å². The van der Waals surface area contributed by atoms with Crippen molar-refractivity contribution in [2.45, 2.75) is 23.8 Å². The summed E-state index contributed by atoms with van der Waals surface area (Å²) in [6, 6.07) is 20.9. The Labute approximate surface area is 171 Å². The lowest BCUT2D eigenvalue weighted by atomic mass is 9.98. The van der Waals surface area contributed by atoms with Gasteiger partial charge in [-0.2, -0.15) is 0 Å². The molecule has 0 aromatic heterocycles. The molecule has 3 aromatic carbocycles. The molecule has 0 unspecified atom stereocenters. The molecule has 4 nitrogen and oxygen atoms in total. The van der Waals surface area contributed by atoms with Crippen LogP contribution in [0.2, 0.25) is 5.02 Å². The zero-order chi connectivity index (χ0) is 19.6. The Morgan fingerprint density at radius 3 is 2.46 bits per heavy atom. The van der Waals surface area contributed by atoms with Gasteiger partial charge < -0.3 is 0 Å². The summed E-state index contributed by atoms with van der Waals surface area (Å²) in [7, 11) is -3.63. The van der Waals surface area contributed by atoms with Gasteiger partial charge in [-0.05, 0) is 60.5 Å². The van der Waals surface area contributed by atoms with Crippen molar-refractivity contribution in [3.63, 3.8) is 0 Å². The molecule has 28 heavy (non-hydrogen) atoms. The molecule has 0 spiro atoms. The summed E-state index contributed by atoms with van der Waals surface area (Å²) in [6.45, 7) is 2.28. The third kappa shape index (κ3) is 4.08. The number of rotatable bonds is 6. The van der Waals surface area contributed by atoms with Gasteiger partial charge >= 0.3 is 0 Å². The Hall–Kier alpha value is -1.92. The third-order valence-electron chi connectivity index (χ3n) is 5.34. The minimum absolute atomic E-state index is 0.0115. The smallest absolute Gasteiger partial charge is 0.240 e. The summed E-state index contributed by atoms with van der Waals surface area (Å²) >= 11 is 5.98. The number of fused-ring (bicyclic) bond motifs is 1. The molecule has 1 N–H and O–H groups in total. The first-order valence-electron chi connectivity index (χ1n) is 9.51. The first kappa shape index (κ1) is 19.4. The molecule has 0 amide bonds. The highest BCUT2D eigenvalue weighted by Crippen LogP contribution is 2.30. The lowest BCUT2D eigenvalue weighted by Gasteiger charge is -2.29. The first-order chi connectivity index (χ1) is 13.5. The Morgan fingerprint density at radius 2 is 1.68 bits per heavy atom. The number of sulfonamides is 1. The van der Waals surface area contributed by atoms with Crippen molar-refractivity contribution in [2.75, 3.05) is 19.6 Å². The monoisotopic (exact) mass is 414 g/mol. The molecule has 1 atom stereocenters. The van der Waals surface area contributed by atoms with Crippen LogP contribution in [0.1, 0.15) is 24.4 Å². The Kier molecular flexibility index (Phi) is 5.69. The van der Waals surface area contributed by atoms with E-state index in [1.807, 2.05) is 18.2 Å². The fourth-order valence-electron chi connectivity index (χ4n) is 3.94. The summed E-state index contributed by atoms with van der Waals surface area (Å²) in [5.74, 6) is 0. The second-order valence-corrected chi connectivity index (χ2v) is 9.34. The summed E-state index contributed by atoms with van der Waals surface area (Å²) in [5.41, 5.74) is 1.16. The van der Waals surface area contributed by atoms with Crippen molar-refractivity contribution in [1.29, 1.82) is 0 Å². The highest BCUT2D eigenvalue weighted by Gasteiger charge is 2.26. The van der Waals surface area contributed by atoms with E-state index in [-0.39, 0.29) is 10.9 Å². The fraction of sp³-hybridized carbons (Fsp3) is 0.273. The van der Waals surface area contributed by atoms with E-state index >= 15 is 0 Å². The van der Waals surface area contributed by atoms with E-state index in [4.69, 9.17) is 11.6 Å². The lowest BCUT2D eigenvalue weighted by molar-refractivity contribution is 0.248. The number of hydrogen-bond donors (Lipinski definition) is 1. The number of halogens is 1. The lowest BCUT2D eigenvalue weighted by Crippen LogP contribution is -2.36. The normalized spacial score (nSPS) is 16.5. The van der Waals surface area contributed by atoms with E-state index in [0.717, 1.165) is 31.5 Å². The van der Waals surface area contributed by atoms with E-state index in [2.05, 4.69) is 33.9 Å². The van der Waals surface area contributed by atoms with Crippen LogP contribution in [0.3, 0.4) is 0 Å². The van der Waals surface area contributed by atoms with Crippen LogP contribution < -0.4 is 4.72 Å². The summed E-state index contributed by atoms with van der Waals surface area (Å²) in [4.78, 5) is 2.57. The number of nitrogens with zero attached hydrogens (tertiary/aromatic N) is 1. The molecule has 6 heteroatoms. The average Bonchev–Trinajstić information content (AvgIpc) is 3.23. The van der Waals surface area contributed by atoms with E-state index < -0.39 is 10.0 Å². The van der Waals surface area contributed by atoms with Crippen molar-refractivity contribution < 1.29 is 8.42 Å². The van der Waals surface area contributed by atoms with Crippen LogP contribution in [0.5, 0.6) is 0 Å². The minimum atomic E-state index is -3.63. The molecular formula is C22H23ClN2O2S. The zero-order valence-corrected chi connectivity index (χ0v) is 17.1. The van der Waals surface area contributed by atoms with Crippen LogP contribution in [0.15, 0.2) is 71.6 Å². The average molecular weight is 415 g/mol. The van der Waals surface area contributed by atoms with Crippen LogP contribution >= 0.6 is 11.6 Å². The topological polar surface area (TPSA) is 49.4 Å². The molecule has 146 valence electrons. The molecule has 0 aliphatic carbocycles. The molecule has 4 rings (SSSR count). The van der Waals surface area contributed by atoms with Crippen molar-refractivity contribution in [3.05, 3.63) is 77.3 Å². The van der Waals surface area contributed by atoms with Crippen LogP contribution in [0.4, 0.5) is 0 Å². The first-order valence-corrected chi connectivity index (χ1v) is 11.4. The molecule has 1 heterocycles. The standard InChI is InChI=1S/C22H23ClN2O2S/c23-18-9-6-10-19(15-18)28(26,27)24-16-22(25-13-3-4-14-25)21-12-5-8-17-7-1-2-11-20(17)21/h1-2,5-12,15,22,24H,3-4,13-14,16H2/t22-/m1/s1. The largest absolute Gasteiger partial charge is 0.295 e. The molecule has 3 aromatic rings. The maximum Gasteiger partial charge on any atom is 0.240 e. The van der Waals surface area contributed by atoms with Crippen molar-refractivity contribution in [1.82, 2.24) is 9.62 Å². The zero-order valence-electron chi connectivity index (χ0n) is 15.5. The maximum absolute atomic E-state index is 12.8. The second-order valence-electron chi connectivity index (χ2n) is 7.14. The third-order valence-corrected chi connectivity index (χ3v) is 6.99. The molecule has 1 aliphatic rings. The van der Waals surface area contributed by atoms with E-state index in [0.29, 0.717) is 11.6 Å². The van der Waals surface area contributed by atoms with Gasteiger partial charge in [-0.15, -0.1) is 0 Å². The van der Waals surface area contributed by atoms with Crippen LogP contribution in [0, 0.1) is 0 Å².